The lowest BCUT2D eigenvalue weighted by Crippen LogP contribution is -2.74. The quantitative estimate of drug-likeness (QED) is 0.128. The highest BCUT2D eigenvalue weighted by Crippen LogP contribution is 2.64. The van der Waals surface area contributed by atoms with E-state index in [0.29, 0.717) is 6.08 Å². The highest BCUT2D eigenvalue weighted by molar-refractivity contribution is 5.16. The molecule has 33 heavy (non-hydrogen) atoms. The number of alkyl halides is 16. The van der Waals surface area contributed by atoms with Crippen LogP contribution < -0.4 is 0 Å². The Kier molecular flexibility index (Phi) is 8.95. The van der Waals surface area contributed by atoms with Gasteiger partial charge in [-0.15, -0.1) is 0 Å². The molecule has 0 heterocycles. The summed E-state index contributed by atoms with van der Waals surface area (Å²) in [6, 6.07) is 0. The predicted molar refractivity (Wildman–Crippen MR) is 83.1 cm³/mol. The molecule has 0 atom stereocenters. The summed E-state index contributed by atoms with van der Waals surface area (Å²) in [5.41, 5.74) is 0. The van der Waals surface area contributed by atoms with Gasteiger partial charge in [0.25, 0.3) is 0 Å². The molecule has 0 aliphatic rings. The van der Waals surface area contributed by atoms with Gasteiger partial charge in [0.05, 0.1) is 0 Å². The first kappa shape index (κ1) is 31.6. The number of hydrogen-bond acceptors (Lipinski definition) is 0. The van der Waals surface area contributed by atoms with Crippen molar-refractivity contribution in [3.05, 3.63) is 12.2 Å². The van der Waals surface area contributed by atoms with Gasteiger partial charge < -0.3 is 0 Å². The molecule has 16 heteroatoms. The fourth-order valence-corrected chi connectivity index (χ4v) is 2.40. The molecule has 0 spiro atoms. The maximum absolute atomic E-state index is 13.7. The van der Waals surface area contributed by atoms with Crippen LogP contribution in [0.4, 0.5) is 70.2 Å². The van der Waals surface area contributed by atoms with Crippen molar-refractivity contribution in [3.8, 4) is 0 Å². The zero-order valence-electron chi connectivity index (χ0n) is 16.7. The van der Waals surface area contributed by atoms with E-state index in [1.807, 2.05) is 0 Å². The van der Waals surface area contributed by atoms with E-state index in [-0.39, 0.29) is 18.9 Å². The van der Waals surface area contributed by atoms with Crippen molar-refractivity contribution in [2.75, 3.05) is 0 Å². The zero-order chi connectivity index (χ0) is 26.9. The Bertz CT molecular complexity index is 677. The van der Waals surface area contributed by atoms with Crippen LogP contribution in [0, 0.1) is 0 Å². The van der Waals surface area contributed by atoms with Crippen LogP contribution in [-0.4, -0.2) is 47.4 Å². The van der Waals surface area contributed by atoms with Gasteiger partial charge in [-0.25, -0.2) is 0 Å². The average Bonchev–Trinajstić information content (AvgIpc) is 2.65. The fraction of sp³-hybridized carbons (Fsp3) is 0.882. The topological polar surface area (TPSA) is 0 Å². The molecule has 0 aromatic heterocycles. The van der Waals surface area contributed by atoms with Crippen molar-refractivity contribution < 1.29 is 70.2 Å². The van der Waals surface area contributed by atoms with Gasteiger partial charge in [0.15, 0.2) is 0 Å². The third-order valence-corrected chi connectivity index (χ3v) is 4.59. The van der Waals surface area contributed by atoms with Crippen LogP contribution in [0.1, 0.15) is 46.0 Å². The van der Waals surface area contributed by atoms with Crippen LogP contribution >= 0.6 is 0 Å². The lowest BCUT2D eigenvalue weighted by molar-refractivity contribution is -0.453. The van der Waals surface area contributed by atoms with Crippen molar-refractivity contribution >= 4 is 0 Å². The van der Waals surface area contributed by atoms with E-state index >= 15 is 0 Å². The number of unbranched alkanes of at least 4 members (excludes halogenated alkanes) is 2. The molecule has 0 unspecified atom stereocenters. The molecule has 0 fully saturated rings. The summed E-state index contributed by atoms with van der Waals surface area (Å²) in [4.78, 5) is 0. The molecule has 0 radical (unpaired) electrons. The molecule has 0 nitrogen and oxygen atoms in total. The van der Waals surface area contributed by atoms with Crippen molar-refractivity contribution in [2.24, 2.45) is 0 Å². The summed E-state index contributed by atoms with van der Waals surface area (Å²) in [6.07, 6.45) is -5.62. The minimum absolute atomic E-state index is 0.000113. The van der Waals surface area contributed by atoms with E-state index in [9.17, 15) is 70.2 Å². The number of halogens is 16. The van der Waals surface area contributed by atoms with Crippen molar-refractivity contribution in [1.29, 1.82) is 0 Å². The first-order valence-corrected chi connectivity index (χ1v) is 9.01. The van der Waals surface area contributed by atoms with Gasteiger partial charge >= 0.3 is 47.4 Å². The van der Waals surface area contributed by atoms with Gasteiger partial charge in [-0.2, -0.15) is 70.2 Å². The number of hydrogen-bond donors (Lipinski definition) is 0. The van der Waals surface area contributed by atoms with Crippen LogP contribution in [0.3, 0.4) is 0 Å². The van der Waals surface area contributed by atoms with Gasteiger partial charge in [-0.3, -0.25) is 0 Å². The number of rotatable bonds is 13. The second-order valence-electron chi connectivity index (χ2n) is 7.09. The molecule has 0 aromatic rings. The third kappa shape index (κ3) is 4.76. The summed E-state index contributed by atoms with van der Waals surface area (Å²) >= 11 is 0. The molecule has 0 saturated carbocycles. The van der Waals surface area contributed by atoms with Gasteiger partial charge in [-0.1, -0.05) is 31.9 Å². The first-order chi connectivity index (χ1) is 14.4. The Morgan fingerprint density at radius 1 is 0.485 bits per heavy atom. The largest absolute Gasteiger partial charge is 0.384 e. The number of allylic oxidation sites excluding steroid dienone is 2. The minimum atomic E-state index is -8.35. The van der Waals surface area contributed by atoms with Gasteiger partial charge in [0, 0.05) is 12.8 Å². The van der Waals surface area contributed by atoms with Crippen molar-refractivity contribution in [3.63, 3.8) is 0 Å². The Morgan fingerprint density at radius 2 is 0.818 bits per heavy atom. The molecule has 0 aliphatic heterocycles. The van der Waals surface area contributed by atoms with E-state index < -0.39 is 66.6 Å². The van der Waals surface area contributed by atoms with E-state index in [0.717, 1.165) is 6.92 Å². The molecule has 0 rings (SSSR count). The van der Waals surface area contributed by atoms with Crippen LogP contribution in [0.5, 0.6) is 0 Å². The fourth-order valence-electron chi connectivity index (χ4n) is 2.40. The normalized spacial score (nSPS) is 16.1. The Morgan fingerprint density at radius 3 is 1.15 bits per heavy atom. The maximum Gasteiger partial charge on any atom is 0.384 e. The van der Waals surface area contributed by atoms with Crippen LogP contribution in [0.25, 0.3) is 0 Å². The lowest BCUT2D eigenvalue weighted by Gasteiger charge is -2.43. The molecule has 0 aliphatic carbocycles. The Balaban J connectivity index is 6.57. The summed E-state index contributed by atoms with van der Waals surface area (Å²) in [7, 11) is 0. The van der Waals surface area contributed by atoms with Gasteiger partial charge in [0.2, 0.25) is 0 Å². The van der Waals surface area contributed by atoms with Gasteiger partial charge in [0.1, 0.15) is 0 Å². The highest BCUT2D eigenvalue weighted by Gasteiger charge is 2.94. The zero-order valence-corrected chi connectivity index (χ0v) is 16.7. The molecular weight excluding hydrogens is 508 g/mol. The second-order valence-corrected chi connectivity index (χ2v) is 7.09. The summed E-state index contributed by atoms with van der Waals surface area (Å²) in [6.45, 7) is 2.16. The standard InChI is InChI=1S/C17H18F16/c1-3-5-7-9-11(20,21)13(24,25)15(28,29)17(32,33)16(30,31)14(26,27)12(22,23)10(18,19)8-6-4-2/h4,6H,3,5,7-9H2,1-2H3. The molecule has 0 N–H and O–H groups in total. The minimum Gasteiger partial charge on any atom is -0.200 e. The second kappa shape index (κ2) is 9.34. The molecule has 0 amide bonds. The summed E-state index contributed by atoms with van der Waals surface area (Å²) in [5.74, 6) is -60.3. The smallest absolute Gasteiger partial charge is 0.200 e. The Hall–Kier alpha value is -1.38. The molecule has 198 valence electrons. The SMILES string of the molecule is CC=CCC(F)(F)C(F)(F)C(F)(F)C(F)(F)C(F)(F)C(F)(F)C(F)(F)C(F)(F)CCCCC. The lowest BCUT2D eigenvalue weighted by atomic mass is 9.86. The van der Waals surface area contributed by atoms with E-state index in [1.165, 1.54) is 6.92 Å². The van der Waals surface area contributed by atoms with Crippen LogP contribution in [0.15, 0.2) is 12.2 Å². The third-order valence-electron chi connectivity index (χ3n) is 4.59. The predicted octanol–water partition coefficient (Wildman–Crippen LogP) is 8.62. The molecule has 0 bridgehead atoms. The van der Waals surface area contributed by atoms with Gasteiger partial charge in [-0.05, 0) is 13.3 Å². The Labute approximate surface area is 177 Å². The molecule has 0 saturated heterocycles. The van der Waals surface area contributed by atoms with E-state index in [1.54, 1.807) is 0 Å². The van der Waals surface area contributed by atoms with Crippen LogP contribution in [-0.2, 0) is 0 Å². The monoisotopic (exact) mass is 526 g/mol. The maximum atomic E-state index is 13.7. The molecule has 0 aromatic carbocycles. The first-order valence-electron chi connectivity index (χ1n) is 9.01. The summed E-state index contributed by atoms with van der Waals surface area (Å²) in [5, 5.41) is 0. The van der Waals surface area contributed by atoms with Crippen molar-refractivity contribution in [1.82, 2.24) is 0 Å². The van der Waals surface area contributed by atoms with E-state index in [2.05, 4.69) is 0 Å². The molecular formula is C17H18F16. The van der Waals surface area contributed by atoms with Crippen molar-refractivity contribution in [2.45, 2.75) is 93.3 Å². The van der Waals surface area contributed by atoms with Crippen LogP contribution in [0.2, 0.25) is 0 Å². The average molecular weight is 526 g/mol. The highest BCUT2D eigenvalue weighted by atomic mass is 19.4. The summed E-state index contributed by atoms with van der Waals surface area (Å²) < 4.78 is 217. The van der Waals surface area contributed by atoms with E-state index in [4.69, 9.17) is 0 Å².